The Morgan fingerprint density at radius 3 is 2.17 bits per heavy atom. The molecule has 12 heavy (non-hydrogen) atoms. The molecule has 74 valence electrons. The fourth-order valence-corrected chi connectivity index (χ4v) is 1.44. The normalized spacial score (nSPS) is 16.1. The highest BCUT2D eigenvalue weighted by Gasteiger charge is 2.40. The molecule has 2 nitrogen and oxygen atoms in total. The van der Waals surface area contributed by atoms with Gasteiger partial charge >= 0.3 is 0 Å². The number of rotatable bonds is 4. The number of hydrogen-bond donors (Lipinski definition) is 0. The van der Waals surface area contributed by atoms with Gasteiger partial charge in [-0.2, -0.15) is 0 Å². The molecule has 0 aliphatic carbocycles. The highest BCUT2D eigenvalue weighted by atomic mass is 35.7. The van der Waals surface area contributed by atoms with Gasteiger partial charge in [-0.05, 0) is 0 Å². The Bertz CT molecular complexity index is 239. The van der Waals surface area contributed by atoms with Crippen molar-refractivity contribution in [2.45, 2.75) is 25.4 Å². The van der Waals surface area contributed by atoms with Crippen LogP contribution in [0.15, 0.2) is 0 Å². The molecule has 0 heterocycles. The smallest absolute Gasteiger partial charge is 0.240 e. The second-order valence-corrected chi connectivity index (χ2v) is 5.11. The monoisotopic (exact) mass is 224 g/mol. The first-order valence-corrected chi connectivity index (χ1v) is 5.61. The van der Waals surface area contributed by atoms with Crippen LogP contribution in [0.25, 0.3) is 0 Å². The number of halogens is 4. The van der Waals surface area contributed by atoms with E-state index in [0.717, 1.165) is 6.92 Å². The van der Waals surface area contributed by atoms with Gasteiger partial charge in [0.2, 0.25) is 9.05 Å². The summed E-state index contributed by atoms with van der Waals surface area (Å²) >= 11 is 0. The minimum absolute atomic E-state index is 0.749. The summed E-state index contributed by atoms with van der Waals surface area (Å²) in [5.74, 6) is -4.97. The SMILES string of the molecule is CCC(F)(F)C(F)CS(=O)(=O)Cl. The van der Waals surface area contributed by atoms with Crippen molar-refractivity contribution < 1.29 is 21.6 Å². The molecule has 0 fully saturated rings. The third-order valence-electron chi connectivity index (χ3n) is 1.28. The quantitative estimate of drug-likeness (QED) is 0.684. The van der Waals surface area contributed by atoms with Crippen LogP contribution in [0.5, 0.6) is 0 Å². The van der Waals surface area contributed by atoms with E-state index < -0.39 is 33.3 Å². The second-order valence-electron chi connectivity index (χ2n) is 2.29. The number of alkyl halides is 3. The van der Waals surface area contributed by atoms with E-state index in [9.17, 15) is 21.6 Å². The molecule has 1 atom stereocenters. The van der Waals surface area contributed by atoms with Crippen LogP contribution >= 0.6 is 10.7 Å². The van der Waals surface area contributed by atoms with Crippen molar-refractivity contribution in [2.75, 3.05) is 5.75 Å². The summed E-state index contributed by atoms with van der Waals surface area (Å²) in [4.78, 5) is 0. The van der Waals surface area contributed by atoms with Crippen LogP contribution < -0.4 is 0 Å². The Hall–Kier alpha value is 0.0300. The zero-order valence-corrected chi connectivity index (χ0v) is 7.80. The Labute approximate surface area is 73.1 Å². The zero-order chi connectivity index (χ0) is 9.99. The van der Waals surface area contributed by atoms with Crippen LogP contribution in [0.2, 0.25) is 0 Å². The third kappa shape index (κ3) is 4.15. The van der Waals surface area contributed by atoms with E-state index in [1.807, 2.05) is 0 Å². The maximum absolute atomic E-state index is 12.5. The molecule has 0 amide bonds. The molecule has 0 saturated heterocycles. The number of hydrogen-bond acceptors (Lipinski definition) is 2. The maximum atomic E-state index is 12.5. The zero-order valence-electron chi connectivity index (χ0n) is 6.23. The van der Waals surface area contributed by atoms with Crippen LogP contribution in [-0.4, -0.2) is 26.3 Å². The van der Waals surface area contributed by atoms with Gasteiger partial charge in [-0.1, -0.05) is 6.92 Å². The fraction of sp³-hybridized carbons (Fsp3) is 1.00. The molecule has 0 bridgehead atoms. The molecular weight excluding hydrogens is 217 g/mol. The van der Waals surface area contributed by atoms with Crippen molar-refractivity contribution in [1.82, 2.24) is 0 Å². The lowest BCUT2D eigenvalue weighted by atomic mass is 10.2. The first-order chi connectivity index (χ1) is 5.19. The lowest BCUT2D eigenvalue weighted by molar-refractivity contribution is -0.0657. The summed E-state index contributed by atoms with van der Waals surface area (Å²) < 4.78 is 57.6. The standard InChI is InChI=1S/C5H8ClF3O2S/c1-2-5(8,9)4(7)3-12(6,10)11/h4H,2-3H2,1H3. The van der Waals surface area contributed by atoms with E-state index in [1.54, 1.807) is 0 Å². The van der Waals surface area contributed by atoms with Crippen molar-refractivity contribution in [3.05, 3.63) is 0 Å². The molecule has 0 aromatic heterocycles. The minimum Gasteiger partial charge on any atom is -0.240 e. The molecule has 0 aliphatic rings. The van der Waals surface area contributed by atoms with Gasteiger partial charge in [0.1, 0.15) is 5.75 Å². The van der Waals surface area contributed by atoms with Crippen molar-refractivity contribution >= 4 is 19.7 Å². The Kier molecular flexibility index (Phi) is 3.84. The Morgan fingerprint density at radius 1 is 1.50 bits per heavy atom. The van der Waals surface area contributed by atoms with Gasteiger partial charge in [0.15, 0.2) is 6.17 Å². The van der Waals surface area contributed by atoms with Crippen molar-refractivity contribution in [1.29, 1.82) is 0 Å². The first kappa shape index (κ1) is 12.0. The van der Waals surface area contributed by atoms with Gasteiger partial charge in [0.05, 0.1) is 0 Å². The van der Waals surface area contributed by atoms with Gasteiger partial charge in [0.25, 0.3) is 5.92 Å². The highest BCUT2D eigenvalue weighted by Crippen LogP contribution is 2.26. The molecule has 7 heteroatoms. The summed E-state index contributed by atoms with van der Waals surface area (Å²) in [5.41, 5.74) is 0. The molecule has 0 aliphatic heterocycles. The average molecular weight is 225 g/mol. The molecule has 0 radical (unpaired) electrons. The van der Waals surface area contributed by atoms with Gasteiger partial charge in [-0.25, -0.2) is 21.6 Å². The van der Waals surface area contributed by atoms with E-state index >= 15 is 0 Å². The van der Waals surface area contributed by atoms with Crippen LogP contribution in [0, 0.1) is 0 Å². The van der Waals surface area contributed by atoms with E-state index in [0.29, 0.717) is 0 Å². The van der Waals surface area contributed by atoms with Gasteiger partial charge < -0.3 is 0 Å². The van der Waals surface area contributed by atoms with E-state index in [-0.39, 0.29) is 0 Å². The van der Waals surface area contributed by atoms with Gasteiger partial charge in [0, 0.05) is 17.1 Å². The summed E-state index contributed by atoms with van der Waals surface area (Å²) in [7, 11) is 0.391. The Morgan fingerprint density at radius 2 is 1.92 bits per heavy atom. The largest absolute Gasteiger partial charge is 0.279 e. The van der Waals surface area contributed by atoms with Gasteiger partial charge in [-0.15, -0.1) is 0 Å². The third-order valence-corrected chi connectivity index (χ3v) is 2.34. The van der Waals surface area contributed by atoms with Crippen LogP contribution in [-0.2, 0) is 9.05 Å². The lowest BCUT2D eigenvalue weighted by Gasteiger charge is -2.17. The maximum Gasteiger partial charge on any atom is 0.279 e. The van der Waals surface area contributed by atoms with Crippen LogP contribution in [0.1, 0.15) is 13.3 Å². The topological polar surface area (TPSA) is 34.1 Å². The lowest BCUT2D eigenvalue weighted by Crippen LogP contribution is -2.33. The van der Waals surface area contributed by atoms with Crippen LogP contribution in [0.4, 0.5) is 13.2 Å². The van der Waals surface area contributed by atoms with Crippen LogP contribution in [0.3, 0.4) is 0 Å². The van der Waals surface area contributed by atoms with Crippen molar-refractivity contribution in [3.8, 4) is 0 Å². The van der Waals surface area contributed by atoms with Crippen molar-refractivity contribution in [2.24, 2.45) is 0 Å². The molecule has 1 unspecified atom stereocenters. The average Bonchev–Trinajstić information content (AvgIpc) is 1.84. The minimum atomic E-state index is -4.20. The second kappa shape index (κ2) is 3.83. The fourth-order valence-electron chi connectivity index (χ4n) is 0.518. The van der Waals surface area contributed by atoms with E-state index in [1.165, 1.54) is 0 Å². The predicted octanol–water partition coefficient (Wildman–Crippen LogP) is 1.94. The summed E-state index contributed by atoms with van der Waals surface area (Å²) in [6, 6.07) is 0. The highest BCUT2D eigenvalue weighted by molar-refractivity contribution is 8.13. The summed E-state index contributed by atoms with van der Waals surface area (Å²) in [6.07, 6.45) is -3.48. The predicted molar refractivity (Wildman–Crippen MR) is 39.8 cm³/mol. The molecule has 0 aromatic rings. The Balaban J connectivity index is 4.32. The molecule has 0 saturated carbocycles. The van der Waals surface area contributed by atoms with Crippen molar-refractivity contribution in [3.63, 3.8) is 0 Å². The summed E-state index contributed by atoms with van der Waals surface area (Å²) in [6.45, 7) is 1.06. The molecule has 0 N–H and O–H groups in total. The van der Waals surface area contributed by atoms with Gasteiger partial charge in [-0.3, -0.25) is 0 Å². The van der Waals surface area contributed by atoms with E-state index in [2.05, 4.69) is 10.7 Å². The van der Waals surface area contributed by atoms with E-state index in [4.69, 9.17) is 0 Å². The molecular formula is C5H8ClF3O2S. The molecule has 0 spiro atoms. The molecule has 0 aromatic carbocycles. The molecule has 0 rings (SSSR count). The summed E-state index contributed by atoms with van der Waals surface area (Å²) in [5, 5.41) is 0. The first-order valence-electron chi connectivity index (χ1n) is 3.13.